The van der Waals surface area contributed by atoms with Gasteiger partial charge in [0, 0.05) is 25.6 Å². The van der Waals surface area contributed by atoms with Gasteiger partial charge < -0.3 is 20.3 Å². The van der Waals surface area contributed by atoms with Gasteiger partial charge in [-0.05, 0) is 30.3 Å². The molecule has 0 aliphatic carbocycles. The average molecular weight is 367 g/mol. The molecule has 1 unspecified atom stereocenters. The summed E-state index contributed by atoms with van der Waals surface area (Å²) in [5.74, 6) is 0.128. The molecule has 0 aromatic heterocycles. The summed E-state index contributed by atoms with van der Waals surface area (Å²) < 4.78 is 5.77. The highest BCUT2D eigenvalue weighted by molar-refractivity contribution is 5.95. The van der Waals surface area contributed by atoms with Gasteiger partial charge in [-0.15, -0.1) is 0 Å². The van der Waals surface area contributed by atoms with Crippen molar-refractivity contribution in [1.82, 2.24) is 9.80 Å². The number of carbonyl (C=O) groups is 3. The number of ether oxygens (including phenoxy) is 1. The number of nitrogens with zero attached hydrogens (tertiary/aromatic N) is 2. The van der Waals surface area contributed by atoms with Gasteiger partial charge in [-0.2, -0.15) is 0 Å². The third kappa shape index (κ3) is 4.25. The molecule has 3 rings (SSSR count). The van der Waals surface area contributed by atoms with Crippen molar-refractivity contribution in [3.8, 4) is 11.5 Å². The van der Waals surface area contributed by atoms with Gasteiger partial charge in [0.25, 0.3) is 5.91 Å². The van der Waals surface area contributed by atoms with E-state index in [0.717, 1.165) is 0 Å². The number of rotatable bonds is 4. The van der Waals surface area contributed by atoms with Crippen LogP contribution in [-0.4, -0.2) is 53.2 Å². The van der Waals surface area contributed by atoms with Crippen LogP contribution in [0.25, 0.3) is 0 Å². The summed E-state index contributed by atoms with van der Waals surface area (Å²) in [7, 11) is 0. The van der Waals surface area contributed by atoms with E-state index in [4.69, 9.17) is 10.5 Å². The van der Waals surface area contributed by atoms with Crippen molar-refractivity contribution in [2.75, 3.05) is 19.6 Å². The number of piperazine rings is 1. The Morgan fingerprint density at radius 2 is 1.70 bits per heavy atom. The summed E-state index contributed by atoms with van der Waals surface area (Å²) in [6, 6.07) is 15.3. The predicted octanol–water partition coefficient (Wildman–Crippen LogP) is 1.64. The van der Waals surface area contributed by atoms with E-state index in [1.54, 1.807) is 24.3 Å². The smallest absolute Gasteiger partial charge is 0.254 e. The van der Waals surface area contributed by atoms with E-state index in [9.17, 15) is 14.4 Å². The first-order valence-electron chi connectivity index (χ1n) is 8.64. The number of benzene rings is 2. The highest BCUT2D eigenvalue weighted by Crippen LogP contribution is 2.23. The van der Waals surface area contributed by atoms with Crippen LogP contribution in [0, 0.1) is 0 Å². The van der Waals surface area contributed by atoms with Crippen LogP contribution in [0.4, 0.5) is 0 Å². The molecular weight excluding hydrogens is 346 g/mol. The van der Waals surface area contributed by atoms with E-state index in [2.05, 4.69) is 0 Å². The predicted molar refractivity (Wildman–Crippen MR) is 99.2 cm³/mol. The van der Waals surface area contributed by atoms with Crippen LogP contribution in [0.15, 0.2) is 54.6 Å². The summed E-state index contributed by atoms with van der Waals surface area (Å²) in [6.07, 6.45) is 0. The zero-order valence-electron chi connectivity index (χ0n) is 15.0. The van der Waals surface area contributed by atoms with Crippen molar-refractivity contribution >= 4 is 17.7 Å². The minimum Gasteiger partial charge on any atom is -0.457 e. The van der Waals surface area contributed by atoms with Crippen molar-refractivity contribution in [3.63, 3.8) is 0 Å². The van der Waals surface area contributed by atoms with Gasteiger partial charge in [0.2, 0.25) is 11.8 Å². The number of nitrogens with two attached hydrogens (primary N) is 1. The SMILES string of the molecule is CC(=O)N1CCN(C(=O)c2cccc(Oc3ccccc3)c2)CC1C(N)=O. The number of primary amides is 1. The van der Waals surface area contributed by atoms with Gasteiger partial charge in [0.15, 0.2) is 0 Å². The second-order valence-corrected chi connectivity index (χ2v) is 6.32. The molecule has 1 fully saturated rings. The zero-order chi connectivity index (χ0) is 19.4. The van der Waals surface area contributed by atoms with Crippen molar-refractivity contribution in [1.29, 1.82) is 0 Å². The largest absolute Gasteiger partial charge is 0.457 e. The number of para-hydroxylation sites is 1. The maximum atomic E-state index is 12.9. The van der Waals surface area contributed by atoms with Crippen LogP contribution in [0.5, 0.6) is 11.5 Å². The summed E-state index contributed by atoms with van der Waals surface area (Å²) in [5.41, 5.74) is 5.86. The lowest BCUT2D eigenvalue weighted by Crippen LogP contribution is -2.60. The molecule has 1 heterocycles. The molecule has 0 spiro atoms. The topological polar surface area (TPSA) is 92.9 Å². The molecule has 1 aliphatic heterocycles. The Kier molecular flexibility index (Phi) is 5.40. The highest BCUT2D eigenvalue weighted by Gasteiger charge is 2.34. The Bertz CT molecular complexity index is 853. The average Bonchev–Trinajstić information content (AvgIpc) is 2.68. The fraction of sp³-hybridized carbons (Fsp3) is 0.250. The molecule has 1 atom stereocenters. The Morgan fingerprint density at radius 3 is 2.37 bits per heavy atom. The van der Waals surface area contributed by atoms with Crippen molar-refractivity contribution in [3.05, 3.63) is 60.2 Å². The van der Waals surface area contributed by atoms with E-state index < -0.39 is 11.9 Å². The van der Waals surface area contributed by atoms with E-state index >= 15 is 0 Å². The van der Waals surface area contributed by atoms with E-state index in [1.165, 1.54) is 16.7 Å². The number of hydrogen-bond acceptors (Lipinski definition) is 4. The maximum Gasteiger partial charge on any atom is 0.254 e. The van der Waals surface area contributed by atoms with Crippen molar-refractivity contribution in [2.45, 2.75) is 13.0 Å². The molecule has 3 amide bonds. The van der Waals surface area contributed by atoms with Crippen LogP contribution in [0.2, 0.25) is 0 Å². The Hall–Kier alpha value is -3.35. The highest BCUT2D eigenvalue weighted by atomic mass is 16.5. The van der Waals surface area contributed by atoms with E-state index in [0.29, 0.717) is 23.6 Å². The molecule has 27 heavy (non-hydrogen) atoms. The fourth-order valence-corrected chi connectivity index (χ4v) is 3.09. The first-order valence-corrected chi connectivity index (χ1v) is 8.64. The monoisotopic (exact) mass is 367 g/mol. The molecule has 2 aromatic rings. The molecule has 0 saturated carbocycles. The molecule has 1 aliphatic rings. The van der Waals surface area contributed by atoms with Crippen LogP contribution >= 0.6 is 0 Å². The fourth-order valence-electron chi connectivity index (χ4n) is 3.09. The van der Waals surface area contributed by atoms with Gasteiger partial charge >= 0.3 is 0 Å². The zero-order valence-corrected chi connectivity index (χ0v) is 15.0. The standard InChI is InChI=1S/C20H21N3O4/c1-14(24)23-11-10-22(13-18(23)19(21)25)20(26)15-6-5-9-17(12-15)27-16-7-3-2-4-8-16/h2-9,12,18H,10-11,13H2,1H3,(H2,21,25). The van der Waals surface area contributed by atoms with Crippen LogP contribution < -0.4 is 10.5 Å². The lowest BCUT2D eigenvalue weighted by atomic mass is 10.1. The van der Waals surface area contributed by atoms with Gasteiger partial charge in [-0.3, -0.25) is 14.4 Å². The molecular formula is C20H21N3O4. The Labute approximate surface area is 157 Å². The summed E-state index contributed by atoms with van der Waals surface area (Å²) in [5, 5.41) is 0. The third-order valence-electron chi connectivity index (χ3n) is 4.46. The van der Waals surface area contributed by atoms with Gasteiger partial charge in [-0.25, -0.2) is 0 Å². The second-order valence-electron chi connectivity index (χ2n) is 6.32. The molecule has 0 bridgehead atoms. The number of amides is 3. The molecule has 2 aromatic carbocycles. The first kappa shape index (κ1) is 18.4. The van der Waals surface area contributed by atoms with Crippen LogP contribution in [0.3, 0.4) is 0 Å². The van der Waals surface area contributed by atoms with Gasteiger partial charge in [-0.1, -0.05) is 24.3 Å². The van der Waals surface area contributed by atoms with E-state index in [-0.39, 0.29) is 24.9 Å². The normalized spacial score (nSPS) is 16.7. The minimum atomic E-state index is -0.816. The Balaban J connectivity index is 1.75. The maximum absolute atomic E-state index is 12.9. The third-order valence-corrected chi connectivity index (χ3v) is 4.46. The lowest BCUT2D eigenvalue weighted by molar-refractivity contribution is -0.140. The molecule has 2 N–H and O–H groups in total. The van der Waals surface area contributed by atoms with Crippen LogP contribution in [-0.2, 0) is 9.59 Å². The first-order chi connectivity index (χ1) is 13.0. The minimum absolute atomic E-state index is 0.0809. The molecule has 140 valence electrons. The molecule has 7 heteroatoms. The van der Waals surface area contributed by atoms with E-state index in [1.807, 2.05) is 30.3 Å². The summed E-state index contributed by atoms with van der Waals surface area (Å²) >= 11 is 0. The number of carbonyl (C=O) groups excluding carboxylic acids is 3. The second kappa shape index (κ2) is 7.90. The Morgan fingerprint density at radius 1 is 1.00 bits per heavy atom. The molecule has 0 radical (unpaired) electrons. The molecule has 1 saturated heterocycles. The van der Waals surface area contributed by atoms with Gasteiger partial charge in [0.1, 0.15) is 17.5 Å². The lowest BCUT2D eigenvalue weighted by Gasteiger charge is -2.39. The number of hydrogen-bond donors (Lipinski definition) is 1. The quantitative estimate of drug-likeness (QED) is 0.889. The molecule has 7 nitrogen and oxygen atoms in total. The summed E-state index contributed by atoms with van der Waals surface area (Å²) in [6.45, 7) is 2.08. The summed E-state index contributed by atoms with van der Waals surface area (Å²) in [4.78, 5) is 39.2. The van der Waals surface area contributed by atoms with Crippen molar-refractivity contribution < 1.29 is 19.1 Å². The van der Waals surface area contributed by atoms with Crippen molar-refractivity contribution in [2.24, 2.45) is 5.73 Å². The van der Waals surface area contributed by atoms with Gasteiger partial charge in [0.05, 0.1) is 6.54 Å². The van der Waals surface area contributed by atoms with Crippen LogP contribution in [0.1, 0.15) is 17.3 Å².